The van der Waals surface area contributed by atoms with E-state index in [0.717, 1.165) is 12.8 Å². The second-order valence-corrected chi connectivity index (χ2v) is 1.77. The summed E-state index contributed by atoms with van der Waals surface area (Å²) in [5.74, 6) is 0. The van der Waals surface area contributed by atoms with Crippen LogP contribution in [0.4, 0.5) is 0 Å². The molecule has 1 rings (SSSR count). The number of hydroxylamine groups is 1. The molecule has 1 aliphatic carbocycles. The zero-order chi connectivity index (χ0) is 5.11. The third-order valence-corrected chi connectivity index (χ3v) is 1.19. The third kappa shape index (κ3) is 1.01. The van der Waals surface area contributed by atoms with Gasteiger partial charge in [0.25, 0.3) is 0 Å². The van der Waals surface area contributed by atoms with Gasteiger partial charge in [0.2, 0.25) is 0 Å². The van der Waals surface area contributed by atoms with Gasteiger partial charge < -0.3 is 5.21 Å². The fraction of sp³-hybridized carbons (Fsp3) is 0.600. The summed E-state index contributed by atoms with van der Waals surface area (Å²) < 4.78 is 0. The molecule has 0 bridgehead atoms. The first kappa shape index (κ1) is 4.81. The van der Waals surface area contributed by atoms with Gasteiger partial charge in [0.15, 0.2) is 0 Å². The second kappa shape index (κ2) is 2.09. The molecule has 0 aromatic carbocycles. The Hall–Kier alpha value is -0.340. The lowest BCUT2D eigenvalue weighted by Crippen LogP contribution is -2.21. The van der Waals surface area contributed by atoms with E-state index in [4.69, 9.17) is 5.21 Å². The molecule has 1 aliphatic rings. The van der Waals surface area contributed by atoms with Crippen LogP contribution in [-0.4, -0.2) is 11.2 Å². The molecule has 0 unspecified atom stereocenters. The van der Waals surface area contributed by atoms with Crippen LogP contribution in [0.5, 0.6) is 0 Å². The van der Waals surface area contributed by atoms with Gasteiger partial charge in [-0.05, 0) is 12.8 Å². The van der Waals surface area contributed by atoms with Crippen molar-refractivity contribution in [1.82, 2.24) is 5.48 Å². The average Bonchev–Trinajstić information content (AvgIpc) is 2.14. The van der Waals surface area contributed by atoms with Gasteiger partial charge in [0, 0.05) is 6.04 Å². The molecule has 0 aromatic rings. The van der Waals surface area contributed by atoms with Gasteiger partial charge in [0.1, 0.15) is 0 Å². The van der Waals surface area contributed by atoms with Crippen molar-refractivity contribution in [2.75, 3.05) is 0 Å². The summed E-state index contributed by atoms with van der Waals surface area (Å²) in [5, 5.41) is 8.28. The minimum Gasteiger partial charge on any atom is -0.317 e. The highest BCUT2D eigenvalue weighted by molar-refractivity contribution is 4.96. The van der Waals surface area contributed by atoms with Gasteiger partial charge in [0.05, 0.1) is 0 Å². The van der Waals surface area contributed by atoms with Crippen molar-refractivity contribution in [3.8, 4) is 0 Å². The largest absolute Gasteiger partial charge is 0.317 e. The van der Waals surface area contributed by atoms with Crippen LogP contribution in [0.3, 0.4) is 0 Å². The lowest BCUT2D eigenvalue weighted by molar-refractivity contribution is 0.130. The molecule has 0 atom stereocenters. The van der Waals surface area contributed by atoms with Crippen LogP contribution in [0.2, 0.25) is 0 Å². The predicted molar refractivity (Wildman–Crippen MR) is 27.1 cm³/mol. The Bertz CT molecular complexity index is 72.1. The van der Waals surface area contributed by atoms with Gasteiger partial charge in [-0.3, -0.25) is 0 Å². The van der Waals surface area contributed by atoms with Gasteiger partial charge in [-0.25, -0.2) is 5.48 Å². The number of rotatable bonds is 1. The summed E-state index contributed by atoms with van der Waals surface area (Å²) in [5.41, 5.74) is 2.20. The molecule has 0 aliphatic heterocycles. The maximum Gasteiger partial charge on any atom is 0.0388 e. The quantitative estimate of drug-likeness (QED) is 0.374. The van der Waals surface area contributed by atoms with Crippen molar-refractivity contribution in [2.45, 2.75) is 18.9 Å². The third-order valence-electron chi connectivity index (χ3n) is 1.19. The monoisotopic (exact) mass is 99.1 g/mol. The van der Waals surface area contributed by atoms with Gasteiger partial charge in [-0.1, -0.05) is 12.2 Å². The molecule has 2 N–H and O–H groups in total. The van der Waals surface area contributed by atoms with Crippen LogP contribution in [-0.2, 0) is 0 Å². The Morgan fingerprint density at radius 3 is 2.29 bits per heavy atom. The minimum absolute atomic E-state index is 0.292. The predicted octanol–water partition coefficient (Wildman–Crippen LogP) is 0.684. The molecule has 7 heavy (non-hydrogen) atoms. The number of hydrogen-bond donors (Lipinski definition) is 2. The van der Waals surface area contributed by atoms with Crippen LogP contribution >= 0.6 is 0 Å². The summed E-state index contributed by atoms with van der Waals surface area (Å²) in [4.78, 5) is 0. The highest BCUT2D eigenvalue weighted by Crippen LogP contribution is 2.07. The fourth-order valence-electron chi connectivity index (χ4n) is 0.723. The molecule has 0 saturated heterocycles. The van der Waals surface area contributed by atoms with Crippen LogP contribution in [0.15, 0.2) is 12.2 Å². The maximum atomic E-state index is 8.28. The van der Waals surface area contributed by atoms with E-state index >= 15 is 0 Å². The molecule has 0 radical (unpaired) electrons. The summed E-state index contributed by atoms with van der Waals surface area (Å²) in [6.07, 6.45) is 6.06. The van der Waals surface area contributed by atoms with Crippen molar-refractivity contribution in [3.63, 3.8) is 0 Å². The first-order valence-corrected chi connectivity index (χ1v) is 2.48. The molecule has 0 saturated carbocycles. The zero-order valence-electron chi connectivity index (χ0n) is 4.09. The first-order valence-electron chi connectivity index (χ1n) is 2.48. The minimum atomic E-state index is 0.292. The molecule has 0 aromatic heterocycles. The summed E-state index contributed by atoms with van der Waals surface area (Å²) in [6, 6.07) is 0.292. The zero-order valence-corrected chi connectivity index (χ0v) is 4.09. The molecule has 40 valence electrons. The van der Waals surface area contributed by atoms with E-state index < -0.39 is 0 Å². The molecule has 0 spiro atoms. The van der Waals surface area contributed by atoms with Gasteiger partial charge in [-0.15, -0.1) is 0 Å². The van der Waals surface area contributed by atoms with E-state index in [-0.39, 0.29) is 0 Å². The molecule has 0 fully saturated rings. The van der Waals surface area contributed by atoms with E-state index in [1.54, 1.807) is 0 Å². The second-order valence-electron chi connectivity index (χ2n) is 1.77. The molecule has 2 heteroatoms. The Balaban J connectivity index is 2.22. The first-order chi connectivity index (χ1) is 3.43. The fourth-order valence-corrected chi connectivity index (χ4v) is 0.723. The number of hydrogen-bond acceptors (Lipinski definition) is 2. The standard InChI is InChI=1S/C5H9NO/c7-6-5-3-1-2-4-5/h1-2,5-7H,3-4H2. The van der Waals surface area contributed by atoms with Crippen molar-refractivity contribution in [3.05, 3.63) is 12.2 Å². The lowest BCUT2D eigenvalue weighted by atomic mass is 10.3. The van der Waals surface area contributed by atoms with Crippen LogP contribution in [0.1, 0.15) is 12.8 Å². The molecular weight excluding hydrogens is 90.1 g/mol. The van der Waals surface area contributed by atoms with Crippen molar-refractivity contribution < 1.29 is 5.21 Å². The molecule has 2 nitrogen and oxygen atoms in total. The Morgan fingerprint density at radius 1 is 1.43 bits per heavy atom. The number of nitrogens with one attached hydrogen (secondary N) is 1. The maximum absolute atomic E-state index is 8.28. The lowest BCUT2D eigenvalue weighted by Gasteiger charge is -2.01. The van der Waals surface area contributed by atoms with Crippen molar-refractivity contribution >= 4 is 0 Å². The summed E-state index contributed by atoms with van der Waals surface area (Å²) in [6.45, 7) is 0. The van der Waals surface area contributed by atoms with E-state index in [0.29, 0.717) is 6.04 Å². The highest BCUT2D eigenvalue weighted by atomic mass is 16.5. The van der Waals surface area contributed by atoms with E-state index in [1.165, 1.54) is 0 Å². The van der Waals surface area contributed by atoms with Crippen LogP contribution < -0.4 is 5.48 Å². The van der Waals surface area contributed by atoms with E-state index in [9.17, 15) is 0 Å². The van der Waals surface area contributed by atoms with Crippen molar-refractivity contribution in [1.29, 1.82) is 0 Å². The smallest absolute Gasteiger partial charge is 0.0388 e. The van der Waals surface area contributed by atoms with Crippen LogP contribution in [0.25, 0.3) is 0 Å². The average molecular weight is 99.1 g/mol. The van der Waals surface area contributed by atoms with E-state index in [2.05, 4.69) is 17.6 Å². The summed E-state index contributed by atoms with van der Waals surface area (Å²) in [7, 11) is 0. The Labute approximate surface area is 42.8 Å². The Kier molecular flexibility index (Phi) is 1.44. The Morgan fingerprint density at radius 2 is 2.00 bits per heavy atom. The molecule has 0 heterocycles. The topological polar surface area (TPSA) is 32.3 Å². The van der Waals surface area contributed by atoms with Gasteiger partial charge >= 0.3 is 0 Å². The van der Waals surface area contributed by atoms with Crippen molar-refractivity contribution in [2.24, 2.45) is 0 Å². The van der Waals surface area contributed by atoms with Gasteiger partial charge in [-0.2, -0.15) is 0 Å². The summed E-state index contributed by atoms with van der Waals surface area (Å²) >= 11 is 0. The highest BCUT2D eigenvalue weighted by Gasteiger charge is 2.05. The SMILES string of the molecule is ONC1CC=CC1. The molecular formula is C5H9NO. The normalized spacial score (nSPS) is 21.3. The van der Waals surface area contributed by atoms with Crippen LogP contribution in [0, 0.1) is 0 Å². The molecule has 0 amide bonds. The van der Waals surface area contributed by atoms with E-state index in [1.807, 2.05) is 0 Å².